The van der Waals surface area contributed by atoms with Crippen LogP contribution in [0.25, 0.3) is 27.9 Å². The van der Waals surface area contributed by atoms with E-state index in [4.69, 9.17) is 4.74 Å². The molecule has 1 fully saturated rings. The third-order valence-electron chi connectivity index (χ3n) is 4.79. The van der Waals surface area contributed by atoms with Crippen molar-refractivity contribution in [2.45, 2.75) is 12.5 Å². The van der Waals surface area contributed by atoms with Crippen molar-refractivity contribution in [1.82, 2.24) is 29.7 Å². The number of thiophene rings is 1. The first kappa shape index (κ1) is 17.1. The number of hydrogen-bond donors (Lipinski definition) is 1. The zero-order chi connectivity index (χ0) is 19.1. The van der Waals surface area contributed by atoms with Gasteiger partial charge in [0.2, 0.25) is 0 Å². The number of hydrogen-bond acceptors (Lipinski definition) is 6. The minimum Gasteiger partial charge on any atom is -0.379 e. The van der Waals surface area contributed by atoms with Crippen molar-refractivity contribution < 1.29 is 9.53 Å². The normalized spacial score (nSPS) is 16.7. The van der Waals surface area contributed by atoms with Gasteiger partial charge in [-0.1, -0.05) is 0 Å². The van der Waals surface area contributed by atoms with Crippen molar-refractivity contribution >= 4 is 22.9 Å². The second-order valence-corrected chi connectivity index (χ2v) is 7.72. The lowest BCUT2D eigenvalue weighted by Gasteiger charge is -2.08. The fraction of sp³-hybridized carbons (Fsp3) is 0.263. The van der Waals surface area contributed by atoms with Crippen molar-refractivity contribution in [2.75, 3.05) is 13.2 Å². The van der Waals surface area contributed by atoms with E-state index in [-0.39, 0.29) is 11.9 Å². The monoisotopic (exact) mass is 394 g/mol. The van der Waals surface area contributed by atoms with Crippen LogP contribution in [0, 0.1) is 0 Å². The first-order chi connectivity index (χ1) is 13.7. The number of carbonyl (C=O) groups excluding carboxylic acids is 1. The van der Waals surface area contributed by atoms with E-state index in [1.54, 1.807) is 21.6 Å². The average Bonchev–Trinajstić information content (AvgIpc) is 3.47. The summed E-state index contributed by atoms with van der Waals surface area (Å²) in [6.07, 6.45) is 10.1. The second kappa shape index (κ2) is 6.84. The second-order valence-electron chi connectivity index (χ2n) is 6.81. The maximum Gasteiger partial charge on any atom is 0.261 e. The lowest BCUT2D eigenvalue weighted by molar-refractivity contribution is 0.0934. The highest BCUT2D eigenvalue weighted by Gasteiger charge is 2.20. The first-order valence-corrected chi connectivity index (χ1v) is 9.85. The number of nitrogens with one attached hydrogen (secondary N) is 1. The summed E-state index contributed by atoms with van der Waals surface area (Å²) in [6.45, 7) is 1.29. The highest BCUT2D eigenvalue weighted by molar-refractivity contribution is 7.12. The van der Waals surface area contributed by atoms with Crippen molar-refractivity contribution in [1.29, 1.82) is 0 Å². The van der Waals surface area contributed by atoms with Crippen molar-refractivity contribution in [3.63, 3.8) is 0 Å². The zero-order valence-corrected chi connectivity index (χ0v) is 16.0. The van der Waals surface area contributed by atoms with Gasteiger partial charge in [-0.3, -0.25) is 9.48 Å². The number of ether oxygens (including phenoxy) is 1. The molecule has 4 aromatic rings. The van der Waals surface area contributed by atoms with Gasteiger partial charge in [-0.25, -0.2) is 9.50 Å². The largest absolute Gasteiger partial charge is 0.379 e. The molecule has 28 heavy (non-hydrogen) atoms. The zero-order valence-electron chi connectivity index (χ0n) is 15.2. The van der Waals surface area contributed by atoms with Crippen LogP contribution in [0.15, 0.2) is 42.4 Å². The lowest BCUT2D eigenvalue weighted by Crippen LogP contribution is -2.34. The molecule has 1 atom stereocenters. The molecule has 0 spiro atoms. The molecule has 0 bridgehead atoms. The molecule has 0 aliphatic carbocycles. The molecule has 0 aromatic carbocycles. The van der Waals surface area contributed by atoms with Crippen LogP contribution in [-0.4, -0.2) is 49.5 Å². The van der Waals surface area contributed by atoms with E-state index >= 15 is 0 Å². The molecule has 1 amide bonds. The molecule has 8 nitrogen and oxygen atoms in total. The third kappa shape index (κ3) is 3.08. The summed E-state index contributed by atoms with van der Waals surface area (Å²) >= 11 is 1.42. The van der Waals surface area contributed by atoms with E-state index in [1.165, 1.54) is 11.3 Å². The van der Waals surface area contributed by atoms with Crippen LogP contribution in [0.1, 0.15) is 16.1 Å². The number of amides is 1. The summed E-state index contributed by atoms with van der Waals surface area (Å²) < 4.78 is 8.82. The number of fused-ring (bicyclic) bond motifs is 1. The van der Waals surface area contributed by atoms with Crippen LogP contribution in [0.3, 0.4) is 0 Å². The molecular formula is C19H18N6O2S. The number of carbonyl (C=O) groups is 1. The number of nitrogens with zero attached hydrogens (tertiary/aromatic N) is 5. The van der Waals surface area contributed by atoms with Gasteiger partial charge in [-0.2, -0.15) is 10.2 Å². The van der Waals surface area contributed by atoms with Crippen LogP contribution in [-0.2, 0) is 11.8 Å². The molecule has 0 radical (unpaired) electrons. The Morgan fingerprint density at radius 3 is 2.89 bits per heavy atom. The van der Waals surface area contributed by atoms with Crippen molar-refractivity contribution in [3.05, 3.63) is 47.3 Å². The Morgan fingerprint density at radius 1 is 1.21 bits per heavy atom. The van der Waals surface area contributed by atoms with Crippen LogP contribution >= 0.6 is 11.3 Å². The highest BCUT2D eigenvalue weighted by Crippen LogP contribution is 2.29. The fourth-order valence-electron chi connectivity index (χ4n) is 3.30. The molecule has 9 heteroatoms. The lowest BCUT2D eigenvalue weighted by atomic mass is 10.1. The molecule has 0 saturated carbocycles. The molecule has 5 heterocycles. The Labute approximate surface area is 164 Å². The van der Waals surface area contributed by atoms with Gasteiger partial charge >= 0.3 is 0 Å². The van der Waals surface area contributed by atoms with Gasteiger partial charge in [0.05, 0.1) is 29.9 Å². The number of aryl methyl sites for hydroxylation is 1. The van der Waals surface area contributed by atoms with Crippen LogP contribution < -0.4 is 5.32 Å². The van der Waals surface area contributed by atoms with Crippen molar-refractivity contribution in [2.24, 2.45) is 7.05 Å². The van der Waals surface area contributed by atoms with Crippen LogP contribution in [0.4, 0.5) is 0 Å². The summed E-state index contributed by atoms with van der Waals surface area (Å²) in [7, 11) is 1.88. The molecule has 1 aliphatic rings. The minimum absolute atomic E-state index is 0.0601. The predicted octanol–water partition coefficient (Wildman–Crippen LogP) is 2.38. The Balaban J connectivity index is 1.42. The Bertz CT molecular complexity index is 1150. The van der Waals surface area contributed by atoms with Gasteiger partial charge in [0.25, 0.3) is 5.91 Å². The Hall–Kier alpha value is -3.04. The molecule has 1 saturated heterocycles. The van der Waals surface area contributed by atoms with E-state index in [2.05, 4.69) is 20.5 Å². The van der Waals surface area contributed by atoms with E-state index < -0.39 is 0 Å². The molecule has 4 aromatic heterocycles. The molecule has 1 unspecified atom stereocenters. The maximum absolute atomic E-state index is 12.5. The van der Waals surface area contributed by atoms with Crippen LogP contribution in [0.5, 0.6) is 0 Å². The van der Waals surface area contributed by atoms with E-state index in [1.807, 2.05) is 37.1 Å². The Morgan fingerprint density at radius 2 is 2.11 bits per heavy atom. The van der Waals surface area contributed by atoms with Gasteiger partial charge < -0.3 is 10.1 Å². The average molecular weight is 394 g/mol. The van der Waals surface area contributed by atoms with Gasteiger partial charge in [0.15, 0.2) is 5.65 Å². The standard InChI is InChI=1S/C19H18N6O2S/c1-24-8-14(6-21-24)13-5-20-18-16(7-22-25(18)9-13)12-4-17(28-11-12)19(26)23-15-2-3-27-10-15/h4-9,11,15H,2-3,10H2,1H3,(H,23,26). The summed E-state index contributed by atoms with van der Waals surface area (Å²) in [4.78, 5) is 17.7. The van der Waals surface area contributed by atoms with Crippen LogP contribution in [0.2, 0.25) is 0 Å². The SMILES string of the molecule is Cn1cc(-c2cnc3c(-c4csc(C(=O)NC5CCOC5)c4)cnn3c2)cn1. The summed E-state index contributed by atoms with van der Waals surface area (Å²) in [5, 5.41) is 13.6. The van der Waals surface area contributed by atoms with Gasteiger partial charge in [0.1, 0.15) is 0 Å². The van der Waals surface area contributed by atoms with Gasteiger partial charge in [0, 0.05) is 48.9 Å². The van der Waals surface area contributed by atoms with E-state index in [0.717, 1.165) is 34.3 Å². The molecular weight excluding hydrogens is 376 g/mol. The van der Waals surface area contributed by atoms with Gasteiger partial charge in [-0.15, -0.1) is 11.3 Å². The third-order valence-corrected chi connectivity index (χ3v) is 5.72. The Kier molecular flexibility index (Phi) is 4.18. The van der Waals surface area contributed by atoms with Gasteiger partial charge in [-0.05, 0) is 23.4 Å². The number of aromatic nitrogens is 5. The first-order valence-electron chi connectivity index (χ1n) is 8.97. The summed E-state index contributed by atoms with van der Waals surface area (Å²) in [5.41, 5.74) is 4.52. The minimum atomic E-state index is -0.0601. The quantitative estimate of drug-likeness (QED) is 0.574. The fourth-order valence-corrected chi connectivity index (χ4v) is 4.11. The number of rotatable bonds is 4. The van der Waals surface area contributed by atoms with E-state index in [9.17, 15) is 4.79 Å². The smallest absolute Gasteiger partial charge is 0.261 e. The molecule has 5 rings (SSSR count). The molecule has 142 valence electrons. The highest BCUT2D eigenvalue weighted by atomic mass is 32.1. The summed E-state index contributed by atoms with van der Waals surface area (Å²) in [6, 6.07) is 1.99. The molecule has 1 aliphatic heterocycles. The predicted molar refractivity (Wildman–Crippen MR) is 105 cm³/mol. The molecule has 1 N–H and O–H groups in total. The summed E-state index contributed by atoms with van der Waals surface area (Å²) in [5.74, 6) is -0.0601. The maximum atomic E-state index is 12.5. The van der Waals surface area contributed by atoms with Crippen molar-refractivity contribution in [3.8, 4) is 22.3 Å². The topological polar surface area (TPSA) is 86.3 Å². The van der Waals surface area contributed by atoms with E-state index in [0.29, 0.717) is 18.1 Å².